The molecule has 0 aliphatic carbocycles. The van der Waals surface area contributed by atoms with E-state index in [0.717, 1.165) is 12.1 Å². The van der Waals surface area contributed by atoms with Gasteiger partial charge in [0.05, 0.1) is 36.9 Å². The number of nitrogens with zero attached hydrogens (tertiary/aromatic N) is 5. The standard InChI is InChI=1S/C24H21FN6O5S/c1-4-37(33,34)29-24-28-27-23(31(24)22-19(35-2)8-6-9-20(22)36-3)18-7-5-10-21(32)30(18)17-12-11-16(25)13-15(17)14-26/h5-13H,4H2,1-3H3,(H,28,29). The van der Waals surface area contributed by atoms with Crippen LogP contribution in [0.25, 0.3) is 22.9 Å². The average Bonchev–Trinajstić information content (AvgIpc) is 3.30. The van der Waals surface area contributed by atoms with E-state index in [2.05, 4.69) is 14.9 Å². The molecule has 0 spiro atoms. The van der Waals surface area contributed by atoms with Gasteiger partial charge in [-0.3, -0.25) is 18.7 Å². The summed E-state index contributed by atoms with van der Waals surface area (Å²) in [6.45, 7) is 1.46. The zero-order chi connectivity index (χ0) is 26.7. The molecule has 0 saturated carbocycles. The Labute approximate surface area is 211 Å². The number of benzene rings is 2. The van der Waals surface area contributed by atoms with Gasteiger partial charge in [0.25, 0.3) is 5.56 Å². The third kappa shape index (κ3) is 4.74. The number of nitrogens with one attached hydrogen (secondary N) is 1. The first kappa shape index (κ1) is 25.4. The van der Waals surface area contributed by atoms with Crippen LogP contribution in [0.15, 0.2) is 59.4 Å². The summed E-state index contributed by atoms with van der Waals surface area (Å²) in [5, 5.41) is 17.8. The van der Waals surface area contributed by atoms with Crippen molar-refractivity contribution in [2.75, 3.05) is 24.7 Å². The van der Waals surface area contributed by atoms with Crippen LogP contribution in [0.4, 0.5) is 10.3 Å². The van der Waals surface area contributed by atoms with E-state index in [0.29, 0.717) is 11.5 Å². The predicted octanol–water partition coefficient (Wildman–Crippen LogP) is 2.87. The predicted molar refractivity (Wildman–Crippen MR) is 133 cm³/mol. The quantitative estimate of drug-likeness (QED) is 0.371. The third-order valence-electron chi connectivity index (χ3n) is 5.42. The van der Waals surface area contributed by atoms with Gasteiger partial charge < -0.3 is 9.47 Å². The first-order valence-corrected chi connectivity index (χ1v) is 12.5. The maximum Gasteiger partial charge on any atom is 0.255 e. The van der Waals surface area contributed by atoms with Crippen molar-refractivity contribution in [1.82, 2.24) is 19.3 Å². The Kier molecular flexibility index (Phi) is 6.94. The maximum absolute atomic E-state index is 13.9. The lowest BCUT2D eigenvalue weighted by Gasteiger charge is -2.19. The number of para-hydroxylation sites is 1. The summed E-state index contributed by atoms with van der Waals surface area (Å²) in [4.78, 5) is 13.1. The van der Waals surface area contributed by atoms with Gasteiger partial charge in [-0.15, -0.1) is 10.2 Å². The van der Waals surface area contributed by atoms with Crippen LogP contribution in [0, 0.1) is 17.1 Å². The van der Waals surface area contributed by atoms with Crippen LogP contribution in [0.1, 0.15) is 12.5 Å². The second kappa shape index (κ2) is 10.1. The van der Waals surface area contributed by atoms with E-state index in [1.165, 1.54) is 54.5 Å². The highest BCUT2D eigenvalue weighted by Gasteiger charge is 2.26. The fourth-order valence-electron chi connectivity index (χ4n) is 3.70. The molecule has 0 aliphatic rings. The first-order chi connectivity index (χ1) is 17.7. The third-order valence-corrected chi connectivity index (χ3v) is 6.67. The van der Waals surface area contributed by atoms with Crippen LogP contribution in [0.3, 0.4) is 0 Å². The van der Waals surface area contributed by atoms with E-state index < -0.39 is 21.4 Å². The topological polar surface area (TPSA) is 141 Å². The van der Waals surface area contributed by atoms with Gasteiger partial charge in [0.15, 0.2) is 5.82 Å². The zero-order valence-corrected chi connectivity index (χ0v) is 20.8. The lowest BCUT2D eigenvalue weighted by atomic mass is 10.1. The van der Waals surface area contributed by atoms with E-state index in [9.17, 15) is 22.9 Å². The highest BCUT2D eigenvalue weighted by Crippen LogP contribution is 2.38. The highest BCUT2D eigenvalue weighted by atomic mass is 32.2. The van der Waals surface area contributed by atoms with Crippen molar-refractivity contribution in [1.29, 1.82) is 5.26 Å². The van der Waals surface area contributed by atoms with E-state index in [1.54, 1.807) is 18.2 Å². The van der Waals surface area contributed by atoms with Crippen LogP contribution in [0.2, 0.25) is 0 Å². The lowest BCUT2D eigenvalue weighted by Crippen LogP contribution is -2.22. The number of anilines is 1. The fourth-order valence-corrected chi connectivity index (χ4v) is 4.25. The molecule has 0 aliphatic heterocycles. The molecule has 4 aromatic rings. The van der Waals surface area contributed by atoms with Gasteiger partial charge >= 0.3 is 0 Å². The second-order valence-electron chi connectivity index (χ2n) is 7.56. The number of methoxy groups -OCH3 is 2. The van der Waals surface area contributed by atoms with Gasteiger partial charge in [0.2, 0.25) is 16.0 Å². The Morgan fingerprint density at radius 1 is 1.03 bits per heavy atom. The zero-order valence-electron chi connectivity index (χ0n) is 20.0. The van der Waals surface area contributed by atoms with Crippen molar-refractivity contribution in [3.05, 3.63) is 76.3 Å². The number of rotatable bonds is 8. The fraction of sp³-hybridized carbons (Fsp3) is 0.167. The Hall–Kier alpha value is -4.70. The monoisotopic (exact) mass is 524 g/mol. The smallest absolute Gasteiger partial charge is 0.255 e. The summed E-state index contributed by atoms with van der Waals surface area (Å²) < 4.78 is 54.8. The molecule has 37 heavy (non-hydrogen) atoms. The Morgan fingerprint density at radius 2 is 1.70 bits per heavy atom. The van der Waals surface area contributed by atoms with E-state index in [1.807, 2.05) is 6.07 Å². The van der Waals surface area contributed by atoms with Crippen LogP contribution in [-0.2, 0) is 10.0 Å². The van der Waals surface area contributed by atoms with E-state index in [-0.39, 0.29) is 40.2 Å². The van der Waals surface area contributed by atoms with Gasteiger partial charge in [-0.2, -0.15) is 5.26 Å². The molecule has 13 heteroatoms. The van der Waals surface area contributed by atoms with Gasteiger partial charge in [-0.1, -0.05) is 12.1 Å². The number of sulfonamides is 1. The van der Waals surface area contributed by atoms with E-state index in [4.69, 9.17) is 9.47 Å². The normalized spacial score (nSPS) is 11.1. The summed E-state index contributed by atoms with van der Waals surface area (Å²) >= 11 is 0. The lowest BCUT2D eigenvalue weighted by molar-refractivity contribution is 0.391. The minimum atomic E-state index is -3.81. The molecule has 4 rings (SSSR count). The number of halogens is 1. The molecular weight excluding hydrogens is 503 g/mol. The van der Waals surface area contributed by atoms with Crippen molar-refractivity contribution in [3.8, 4) is 40.5 Å². The summed E-state index contributed by atoms with van der Waals surface area (Å²) in [6.07, 6.45) is 0. The summed E-state index contributed by atoms with van der Waals surface area (Å²) in [7, 11) is -0.955. The SMILES string of the molecule is CCS(=O)(=O)Nc1nnc(-c2cccc(=O)n2-c2ccc(F)cc2C#N)n1-c1c(OC)cccc1OC. The molecule has 190 valence electrons. The number of nitriles is 1. The minimum absolute atomic E-state index is 0.0162. The van der Waals surface area contributed by atoms with Gasteiger partial charge in [0.1, 0.15) is 29.1 Å². The molecule has 1 N–H and O–H groups in total. The van der Waals surface area contributed by atoms with Crippen molar-refractivity contribution in [3.63, 3.8) is 0 Å². The maximum atomic E-state index is 13.9. The molecule has 0 fully saturated rings. The van der Waals surface area contributed by atoms with Gasteiger partial charge in [-0.25, -0.2) is 12.8 Å². The summed E-state index contributed by atoms with van der Waals surface area (Å²) in [5.74, 6) is -0.480. The Bertz CT molecular complexity index is 1670. The van der Waals surface area contributed by atoms with Gasteiger partial charge in [-0.05, 0) is 43.3 Å². The van der Waals surface area contributed by atoms with Crippen molar-refractivity contribution in [2.45, 2.75) is 6.92 Å². The van der Waals surface area contributed by atoms with Crippen molar-refractivity contribution < 1.29 is 22.3 Å². The van der Waals surface area contributed by atoms with E-state index >= 15 is 0 Å². The molecule has 2 heterocycles. The summed E-state index contributed by atoms with van der Waals surface area (Å²) in [6, 6.07) is 14.5. The molecular formula is C24H21FN6O5S. The Balaban J connectivity index is 2.12. The molecule has 0 amide bonds. The molecule has 11 nitrogen and oxygen atoms in total. The van der Waals surface area contributed by atoms with Crippen LogP contribution >= 0.6 is 0 Å². The number of hydrogen-bond acceptors (Lipinski definition) is 8. The molecule has 0 bridgehead atoms. The first-order valence-electron chi connectivity index (χ1n) is 10.8. The average molecular weight is 525 g/mol. The van der Waals surface area contributed by atoms with Crippen molar-refractivity contribution >= 4 is 16.0 Å². The van der Waals surface area contributed by atoms with Gasteiger partial charge in [0, 0.05) is 6.07 Å². The number of hydrogen-bond donors (Lipinski definition) is 1. The second-order valence-corrected chi connectivity index (χ2v) is 9.57. The molecule has 2 aromatic carbocycles. The number of ether oxygens (including phenoxy) is 2. The largest absolute Gasteiger partial charge is 0.494 e. The molecule has 0 radical (unpaired) electrons. The highest BCUT2D eigenvalue weighted by molar-refractivity contribution is 7.92. The van der Waals surface area contributed by atoms with Crippen molar-refractivity contribution in [2.24, 2.45) is 0 Å². The molecule has 0 atom stereocenters. The number of aromatic nitrogens is 4. The number of pyridine rings is 1. The molecule has 0 saturated heterocycles. The summed E-state index contributed by atoms with van der Waals surface area (Å²) in [5.41, 5.74) is -0.149. The molecule has 0 unspecified atom stereocenters. The van der Waals surface area contributed by atoms with Crippen LogP contribution in [0.5, 0.6) is 11.5 Å². The Morgan fingerprint density at radius 3 is 2.32 bits per heavy atom. The molecule has 2 aromatic heterocycles. The minimum Gasteiger partial charge on any atom is -0.494 e. The van der Waals surface area contributed by atoms with Crippen LogP contribution in [-0.4, -0.2) is 47.7 Å². The van der Waals surface area contributed by atoms with Crippen LogP contribution < -0.4 is 19.8 Å².